The maximum atomic E-state index is 11.6. The average Bonchev–Trinajstić information content (AvgIpc) is 2.36. The lowest BCUT2D eigenvalue weighted by Gasteiger charge is -2.11. The number of halogens is 1. The molecule has 0 heterocycles. The van der Waals surface area contributed by atoms with Crippen molar-refractivity contribution in [3.05, 3.63) is 23.8 Å². The van der Waals surface area contributed by atoms with Gasteiger partial charge >= 0.3 is 0 Å². The SMILES string of the molecule is COc1cccc(C#N)c1NC(=O)CCCCl. The van der Waals surface area contributed by atoms with E-state index in [2.05, 4.69) is 5.32 Å². The third-order valence-electron chi connectivity index (χ3n) is 2.17. The molecule has 1 rings (SSSR count). The van der Waals surface area contributed by atoms with Crippen molar-refractivity contribution in [2.45, 2.75) is 12.8 Å². The molecule has 0 bridgehead atoms. The summed E-state index contributed by atoms with van der Waals surface area (Å²) in [5.41, 5.74) is 0.792. The molecule has 90 valence electrons. The molecule has 0 atom stereocenters. The lowest BCUT2D eigenvalue weighted by Crippen LogP contribution is -2.13. The molecule has 1 amide bonds. The molecular weight excluding hydrogens is 240 g/mol. The minimum Gasteiger partial charge on any atom is -0.495 e. The number of carbonyl (C=O) groups excluding carboxylic acids is 1. The summed E-state index contributed by atoms with van der Waals surface area (Å²) in [7, 11) is 1.49. The van der Waals surface area contributed by atoms with E-state index in [1.807, 2.05) is 6.07 Å². The van der Waals surface area contributed by atoms with Gasteiger partial charge in [-0.2, -0.15) is 5.26 Å². The molecule has 0 radical (unpaired) electrons. The lowest BCUT2D eigenvalue weighted by atomic mass is 10.1. The number of methoxy groups -OCH3 is 1. The number of anilines is 1. The van der Waals surface area contributed by atoms with Crippen molar-refractivity contribution >= 4 is 23.2 Å². The Morgan fingerprint density at radius 2 is 2.35 bits per heavy atom. The Morgan fingerprint density at radius 1 is 1.59 bits per heavy atom. The van der Waals surface area contributed by atoms with Crippen molar-refractivity contribution in [1.29, 1.82) is 5.26 Å². The molecule has 0 aliphatic heterocycles. The summed E-state index contributed by atoms with van der Waals surface area (Å²) in [6.07, 6.45) is 0.927. The Balaban J connectivity index is 2.88. The molecule has 0 saturated carbocycles. The molecule has 5 heteroatoms. The monoisotopic (exact) mass is 252 g/mol. The van der Waals surface area contributed by atoms with Gasteiger partial charge in [0.05, 0.1) is 12.7 Å². The van der Waals surface area contributed by atoms with Crippen LogP contribution in [0, 0.1) is 11.3 Å². The van der Waals surface area contributed by atoms with Crippen molar-refractivity contribution in [3.63, 3.8) is 0 Å². The zero-order chi connectivity index (χ0) is 12.7. The fourth-order valence-electron chi connectivity index (χ4n) is 1.35. The number of benzene rings is 1. The maximum Gasteiger partial charge on any atom is 0.224 e. The molecule has 4 nitrogen and oxygen atoms in total. The molecule has 17 heavy (non-hydrogen) atoms. The summed E-state index contributed by atoms with van der Waals surface area (Å²) < 4.78 is 5.10. The van der Waals surface area contributed by atoms with Gasteiger partial charge in [0.15, 0.2) is 0 Å². The first-order chi connectivity index (χ1) is 8.22. The lowest BCUT2D eigenvalue weighted by molar-refractivity contribution is -0.116. The summed E-state index contributed by atoms with van der Waals surface area (Å²) in [6.45, 7) is 0. The number of rotatable bonds is 5. The molecular formula is C12H13ClN2O2. The summed E-state index contributed by atoms with van der Waals surface area (Å²) in [5, 5.41) is 11.6. The minimum atomic E-state index is -0.174. The van der Waals surface area contributed by atoms with Crippen molar-refractivity contribution in [2.75, 3.05) is 18.3 Å². The average molecular weight is 253 g/mol. The summed E-state index contributed by atoms with van der Waals surface area (Å²) in [5.74, 6) is 0.736. The largest absolute Gasteiger partial charge is 0.495 e. The van der Waals surface area contributed by atoms with Crippen LogP contribution in [0.3, 0.4) is 0 Å². The molecule has 1 N–H and O–H groups in total. The maximum absolute atomic E-state index is 11.6. The van der Waals surface area contributed by atoms with E-state index in [1.54, 1.807) is 18.2 Å². The van der Waals surface area contributed by atoms with Crippen LogP contribution in [0.4, 0.5) is 5.69 Å². The summed E-state index contributed by atoms with van der Waals surface area (Å²) in [4.78, 5) is 11.6. The number of hydrogen-bond donors (Lipinski definition) is 1. The molecule has 0 fully saturated rings. The summed E-state index contributed by atoms with van der Waals surface area (Å²) >= 11 is 5.51. The van der Waals surface area contributed by atoms with Gasteiger partial charge in [0, 0.05) is 12.3 Å². The Kier molecular flexibility index (Phi) is 5.31. The highest BCUT2D eigenvalue weighted by molar-refractivity contribution is 6.18. The number of nitrogens with zero attached hydrogens (tertiary/aromatic N) is 1. The number of para-hydroxylation sites is 1. The van der Waals surface area contributed by atoms with Crippen LogP contribution in [-0.2, 0) is 4.79 Å². The van der Waals surface area contributed by atoms with Crippen molar-refractivity contribution in [3.8, 4) is 11.8 Å². The van der Waals surface area contributed by atoms with Crippen molar-refractivity contribution in [1.82, 2.24) is 0 Å². The van der Waals surface area contributed by atoms with Crippen LogP contribution in [0.5, 0.6) is 5.75 Å². The first-order valence-corrected chi connectivity index (χ1v) is 5.69. The molecule has 1 aromatic carbocycles. The van der Waals surface area contributed by atoms with Crippen LogP contribution in [0.2, 0.25) is 0 Å². The van der Waals surface area contributed by atoms with Crippen LogP contribution in [0.1, 0.15) is 18.4 Å². The van der Waals surface area contributed by atoms with E-state index in [4.69, 9.17) is 21.6 Å². The Morgan fingerprint density at radius 3 is 2.94 bits per heavy atom. The van der Waals surface area contributed by atoms with Gasteiger partial charge in [-0.3, -0.25) is 4.79 Å². The third kappa shape index (κ3) is 3.65. The van der Waals surface area contributed by atoms with Crippen LogP contribution < -0.4 is 10.1 Å². The second-order valence-corrected chi connectivity index (χ2v) is 3.71. The van der Waals surface area contributed by atoms with Gasteiger partial charge in [-0.15, -0.1) is 11.6 Å². The van der Waals surface area contributed by atoms with E-state index in [0.717, 1.165) is 0 Å². The first kappa shape index (κ1) is 13.3. The highest BCUT2D eigenvalue weighted by Gasteiger charge is 2.11. The molecule has 0 unspecified atom stereocenters. The molecule has 0 aliphatic carbocycles. The third-order valence-corrected chi connectivity index (χ3v) is 2.44. The molecule has 0 saturated heterocycles. The molecule has 0 spiro atoms. The number of nitriles is 1. The topological polar surface area (TPSA) is 62.1 Å². The van der Waals surface area contributed by atoms with Gasteiger partial charge in [-0.1, -0.05) is 6.07 Å². The fourth-order valence-corrected chi connectivity index (χ4v) is 1.49. The van der Waals surface area contributed by atoms with Crippen LogP contribution in [-0.4, -0.2) is 18.9 Å². The number of amides is 1. The predicted molar refractivity (Wildman–Crippen MR) is 66.3 cm³/mol. The second kappa shape index (κ2) is 6.77. The van der Waals surface area contributed by atoms with E-state index < -0.39 is 0 Å². The van der Waals surface area contributed by atoms with Crippen LogP contribution >= 0.6 is 11.6 Å². The highest BCUT2D eigenvalue weighted by atomic mass is 35.5. The number of alkyl halides is 1. The minimum absolute atomic E-state index is 0.174. The van der Waals surface area contributed by atoms with Gasteiger partial charge in [0.25, 0.3) is 0 Å². The van der Waals surface area contributed by atoms with E-state index in [9.17, 15) is 4.79 Å². The van der Waals surface area contributed by atoms with E-state index in [-0.39, 0.29) is 5.91 Å². The number of carbonyl (C=O) groups is 1. The first-order valence-electron chi connectivity index (χ1n) is 5.15. The molecule has 1 aromatic rings. The zero-order valence-electron chi connectivity index (χ0n) is 9.50. The van der Waals surface area contributed by atoms with Gasteiger partial charge in [0.2, 0.25) is 5.91 Å². The van der Waals surface area contributed by atoms with Crippen LogP contribution in [0.25, 0.3) is 0 Å². The smallest absolute Gasteiger partial charge is 0.224 e. The van der Waals surface area contributed by atoms with E-state index in [0.29, 0.717) is 35.7 Å². The second-order valence-electron chi connectivity index (χ2n) is 3.34. The summed E-state index contributed by atoms with van der Waals surface area (Å²) in [6, 6.07) is 7.03. The van der Waals surface area contributed by atoms with Crippen molar-refractivity contribution < 1.29 is 9.53 Å². The van der Waals surface area contributed by atoms with E-state index in [1.165, 1.54) is 7.11 Å². The normalized spacial score (nSPS) is 9.47. The quantitative estimate of drug-likeness (QED) is 0.819. The fraction of sp³-hybridized carbons (Fsp3) is 0.333. The number of hydrogen-bond acceptors (Lipinski definition) is 3. The van der Waals surface area contributed by atoms with Gasteiger partial charge < -0.3 is 10.1 Å². The van der Waals surface area contributed by atoms with Gasteiger partial charge in [-0.25, -0.2) is 0 Å². The van der Waals surface area contributed by atoms with Gasteiger partial charge in [0.1, 0.15) is 17.5 Å². The Labute approximate surface area is 105 Å². The molecule has 0 aliphatic rings. The zero-order valence-corrected chi connectivity index (χ0v) is 10.3. The Bertz CT molecular complexity index is 441. The highest BCUT2D eigenvalue weighted by Crippen LogP contribution is 2.27. The standard InChI is InChI=1S/C12H13ClN2O2/c1-17-10-5-2-4-9(8-14)12(10)15-11(16)6-3-7-13/h2,4-5H,3,6-7H2,1H3,(H,15,16). The predicted octanol–water partition coefficient (Wildman–Crippen LogP) is 2.52. The number of nitrogens with one attached hydrogen (secondary N) is 1. The Hall–Kier alpha value is -1.73. The van der Waals surface area contributed by atoms with Crippen LogP contribution in [0.15, 0.2) is 18.2 Å². The van der Waals surface area contributed by atoms with Crippen molar-refractivity contribution in [2.24, 2.45) is 0 Å². The molecule has 0 aromatic heterocycles. The van der Waals surface area contributed by atoms with Gasteiger partial charge in [-0.05, 0) is 18.6 Å². The van der Waals surface area contributed by atoms with E-state index >= 15 is 0 Å². The number of ether oxygens (including phenoxy) is 1.